The molecule has 0 aromatic carbocycles. The summed E-state index contributed by atoms with van der Waals surface area (Å²) in [5.74, 6) is 4.17. The summed E-state index contributed by atoms with van der Waals surface area (Å²) in [7, 11) is 0. The van der Waals surface area contributed by atoms with E-state index in [4.69, 9.17) is 0 Å². The average molecular weight is 236 g/mol. The van der Waals surface area contributed by atoms with Crippen molar-refractivity contribution in [3.8, 4) is 0 Å². The highest BCUT2D eigenvalue weighted by atomic mass is 14.3. The van der Waals surface area contributed by atoms with Crippen LogP contribution < -0.4 is 0 Å². The zero-order chi connectivity index (χ0) is 12.1. The van der Waals surface area contributed by atoms with Gasteiger partial charge in [0.1, 0.15) is 0 Å². The lowest BCUT2D eigenvalue weighted by molar-refractivity contribution is 0.148. The minimum absolute atomic E-state index is 1.01. The van der Waals surface area contributed by atoms with Crippen molar-refractivity contribution >= 4 is 0 Å². The average Bonchev–Trinajstić information content (AvgIpc) is 2.43. The Morgan fingerprint density at radius 2 is 1.18 bits per heavy atom. The van der Waals surface area contributed by atoms with Crippen LogP contribution in [0.15, 0.2) is 0 Å². The molecule has 2 aliphatic carbocycles. The van der Waals surface area contributed by atoms with Gasteiger partial charge >= 0.3 is 0 Å². The fourth-order valence-electron chi connectivity index (χ4n) is 4.29. The summed E-state index contributed by atoms with van der Waals surface area (Å²) in [5.41, 5.74) is 0. The zero-order valence-corrected chi connectivity index (χ0v) is 12.1. The molecular formula is C17H32. The van der Waals surface area contributed by atoms with Gasteiger partial charge in [-0.05, 0) is 42.9 Å². The first-order chi connectivity index (χ1) is 8.27. The highest BCUT2D eigenvalue weighted by molar-refractivity contribution is 4.80. The lowest BCUT2D eigenvalue weighted by atomic mass is 9.70. The summed E-state index contributed by atoms with van der Waals surface area (Å²) in [5, 5.41) is 0. The Morgan fingerprint density at radius 3 is 1.88 bits per heavy atom. The van der Waals surface area contributed by atoms with Crippen LogP contribution in [0.1, 0.15) is 84.5 Å². The molecule has 0 aromatic rings. The predicted octanol–water partition coefficient (Wildman–Crippen LogP) is 5.81. The van der Waals surface area contributed by atoms with Crippen LogP contribution in [0, 0.1) is 23.7 Å². The molecule has 0 spiro atoms. The van der Waals surface area contributed by atoms with E-state index in [1.165, 1.54) is 64.2 Å². The monoisotopic (exact) mass is 236 g/mol. The molecule has 2 saturated carbocycles. The van der Waals surface area contributed by atoms with Crippen molar-refractivity contribution in [2.75, 3.05) is 0 Å². The van der Waals surface area contributed by atoms with Crippen molar-refractivity contribution < 1.29 is 0 Å². The van der Waals surface area contributed by atoms with Gasteiger partial charge in [-0.3, -0.25) is 0 Å². The van der Waals surface area contributed by atoms with Gasteiger partial charge in [0, 0.05) is 0 Å². The quantitative estimate of drug-likeness (QED) is 0.539. The molecule has 17 heavy (non-hydrogen) atoms. The molecule has 0 aromatic heterocycles. The maximum atomic E-state index is 2.55. The second-order valence-corrected chi connectivity index (χ2v) is 7.01. The third-order valence-electron chi connectivity index (χ3n) is 5.59. The third-order valence-corrected chi connectivity index (χ3v) is 5.59. The minimum Gasteiger partial charge on any atom is -0.0625 e. The summed E-state index contributed by atoms with van der Waals surface area (Å²) >= 11 is 0. The van der Waals surface area contributed by atoms with E-state index in [-0.39, 0.29) is 0 Å². The molecule has 2 unspecified atom stereocenters. The molecule has 0 amide bonds. The second kappa shape index (κ2) is 6.81. The van der Waals surface area contributed by atoms with E-state index < -0.39 is 0 Å². The Morgan fingerprint density at radius 1 is 0.588 bits per heavy atom. The van der Waals surface area contributed by atoms with Crippen LogP contribution in [0.4, 0.5) is 0 Å². The Kier molecular flexibility index (Phi) is 5.38. The van der Waals surface area contributed by atoms with Gasteiger partial charge in [0.05, 0.1) is 0 Å². The first-order valence-electron chi connectivity index (χ1n) is 8.27. The van der Waals surface area contributed by atoms with Crippen molar-refractivity contribution in [1.29, 1.82) is 0 Å². The zero-order valence-electron chi connectivity index (χ0n) is 12.1. The van der Waals surface area contributed by atoms with Gasteiger partial charge < -0.3 is 0 Å². The molecule has 2 aliphatic rings. The smallest absolute Gasteiger partial charge is 0.0360 e. The van der Waals surface area contributed by atoms with Gasteiger partial charge in [0.2, 0.25) is 0 Å². The van der Waals surface area contributed by atoms with Crippen LogP contribution in [0.25, 0.3) is 0 Å². The lowest BCUT2D eigenvalue weighted by Crippen LogP contribution is -2.25. The van der Waals surface area contributed by atoms with Gasteiger partial charge in [-0.25, -0.2) is 0 Å². The SMILES string of the molecule is CC1CCC(C2CCCCCCCC2C)CC1. The van der Waals surface area contributed by atoms with Crippen LogP contribution >= 0.6 is 0 Å². The van der Waals surface area contributed by atoms with Gasteiger partial charge in [-0.15, -0.1) is 0 Å². The highest BCUT2D eigenvalue weighted by Crippen LogP contribution is 2.40. The molecule has 0 bridgehead atoms. The number of rotatable bonds is 1. The van der Waals surface area contributed by atoms with Crippen LogP contribution in [0.3, 0.4) is 0 Å². The Bertz CT molecular complexity index is 200. The van der Waals surface area contributed by atoms with Crippen molar-refractivity contribution in [2.24, 2.45) is 23.7 Å². The van der Waals surface area contributed by atoms with Gasteiger partial charge in [0.25, 0.3) is 0 Å². The Labute approximate surface area is 109 Å². The van der Waals surface area contributed by atoms with Crippen molar-refractivity contribution in [3.05, 3.63) is 0 Å². The predicted molar refractivity (Wildman–Crippen MR) is 76.1 cm³/mol. The fourth-order valence-corrected chi connectivity index (χ4v) is 4.29. The molecular weight excluding hydrogens is 204 g/mol. The summed E-state index contributed by atoms with van der Waals surface area (Å²) in [6.45, 7) is 5.00. The molecule has 2 fully saturated rings. The van der Waals surface area contributed by atoms with E-state index in [2.05, 4.69) is 13.8 Å². The lowest BCUT2D eigenvalue weighted by Gasteiger charge is -2.36. The van der Waals surface area contributed by atoms with Crippen LogP contribution in [0.2, 0.25) is 0 Å². The maximum Gasteiger partial charge on any atom is -0.0360 e. The standard InChI is InChI=1S/C17H32/c1-14-10-12-16(13-11-14)17-9-7-5-3-4-6-8-15(17)2/h14-17H,3-13H2,1-2H3. The van der Waals surface area contributed by atoms with Gasteiger partial charge in [0.15, 0.2) is 0 Å². The molecule has 0 N–H and O–H groups in total. The normalized spacial score (nSPS) is 41.3. The van der Waals surface area contributed by atoms with Gasteiger partial charge in [-0.1, -0.05) is 65.2 Å². The molecule has 100 valence electrons. The summed E-state index contributed by atoms with van der Waals surface area (Å²) < 4.78 is 0. The van der Waals surface area contributed by atoms with E-state index in [1.54, 1.807) is 6.42 Å². The van der Waals surface area contributed by atoms with E-state index in [0.29, 0.717) is 0 Å². The highest BCUT2D eigenvalue weighted by Gasteiger charge is 2.29. The molecule has 0 saturated heterocycles. The maximum absolute atomic E-state index is 2.55. The van der Waals surface area contributed by atoms with E-state index in [9.17, 15) is 0 Å². The number of hydrogen-bond donors (Lipinski definition) is 0. The minimum atomic E-state index is 1.01. The second-order valence-electron chi connectivity index (χ2n) is 7.01. The number of hydrogen-bond acceptors (Lipinski definition) is 0. The van der Waals surface area contributed by atoms with E-state index in [1.807, 2.05) is 0 Å². The third kappa shape index (κ3) is 4.00. The van der Waals surface area contributed by atoms with Crippen molar-refractivity contribution in [2.45, 2.75) is 84.5 Å². The molecule has 0 heterocycles. The first-order valence-corrected chi connectivity index (χ1v) is 8.27. The Balaban J connectivity index is 1.90. The molecule has 0 heteroatoms. The van der Waals surface area contributed by atoms with Crippen LogP contribution in [0.5, 0.6) is 0 Å². The van der Waals surface area contributed by atoms with Crippen LogP contribution in [-0.4, -0.2) is 0 Å². The van der Waals surface area contributed by atoms with E-state index >= 15 is 0 Å². The largest absolute Gasteiger partial charge is 0.0625 e. The van der Waals surface area contributed by atoms with E-state index in [0.717, 1.165) is 23.7 Å². The van der Waals surface area contributed by atoms with Gasteiger partial charge in [-0.2, -0.15) is 0 Å². The molecule has 2 rings (SSSR count). The topological polar surface area (TPSA) is 0 Å². The Hall–Kier alpha value is 0. The fraction of sp³-hybridized carbons (Fsp3) is 1.00. The van der Waals surface area contributed by atoms with Crippen molar-refractivity contribution in [3.63, 3.8) is 0 Å². The molecule has 2 atom stereocenters. The van der Waals surface area contributed by atoms with Crippen LogP contribution in [-0.2, 0) is 0 Å². The first kappa shape index (κ1) is 13.4. The van der Waals surface area contributed by atoms with Crippen molar-refractivity contribution in [1.82, 2.24) is 0 Å². The molecule has 0 nitrogen and oxygen atoms in total. The summed E-state index contributed by atoms with van der Waals surface area (Å²) in [4.78, 5) is 0. The molecule has 0 aliphatic heterocycles. The summed E-state index contributed by atoms with van der Waals surface area (Å²) in [6, 6.07) is 0. The summed E-state index contributed by atoms with van der Waals surface area (Å²) in [6.07, 6.45) is 16.7. The molecule has 0 radical (unpaired) electrons.